The van der Waals surface area contributed by atoms with Crippen LogP contribution in [0.3, 0.4) is 0 Å². The molecule has 24 heavy (non-hydrogen) atoms. The molecule has 0 saturated carbocycles. The van der Waals surface area contributed by atoms with Crippen LogP contribution in [-0.4, -0.2) is 15.7 Å². The highest BCUT2D eigenvalue weighted by Gasteiger charge is 2.09. The molecule has 0 aliphatic heterocycles. The zero-order valence-electron chi connectivity index (χ0n) is 13.1. The second-order valence-corrected chi connectivity index (χ2v) is 5.27. The Morgan fingerprint density at radius 1 is 1.12 bits per heavy atom. The standard InChI is InChI=1S/C19H16FN3O/c1-23-19(14-7-10-16(20)11-8-14)15(13-21-23)9-12-18(24)22-17-5-3-2-4-6-17/h2-13H,1H3,(H,22,24)/b12-9+. The number of hydrogen-bond donors (Lipinski definition) is 1. The third-order valence-corrected chi connectivity index (χ3v) is 3.54. The molecule has 5 heteroatoms. The van der Waals surface area contributed by atoms with E-state index in [1.54, 1.807) is 36.1 Å². The van der Waals surface area contributed by atoms with Crippen molar-refractivity contribution in [3.63, 3.8) is 0 Å². The molecule has 0 saturated heterocycles. The fourth-order valence-corrected chi connectivity index (χ4v) is 2.41. The predicted octanol–water partition coefficient (Wildman–Crippen LogP) is 3.88. The van der Waals surface area contributed by atoms with Crippen molar-refractivity contribution >= 4 is 17.7 Å². The van der Waals surface area contributed by atoms with Gasteiger partial charge in [0.05, 0.1) is 11.9 Å². The number of benzene rings is 2. The molecule has 3 aromatic rings. The number of nitrogens with zero attached hydrogens (tertiary/aromatic N) is 2. The van der Waals surface area contributed by atoms with Gasteiger partial charge in [0.2, 0.25) is 5.91 Å². The van der Waals surface area contributed by atoms with E-state index in [-0.39, 0.29) is 11.7 Å². The number of para-hydroxylation sites is 1. The van der Waals surface area contributed by atoms with Crippen LogP contribution in [0, 0.1) is 5.82 Å². The molecule has 1 heterocycles. The highest BCUT2D eigenvalue weighted by Crippen LogP contribution is 2.24. The average Bonchev–Trinajstić information content (AvgIpc) is 2.95. The summed E-state index contributed by atoms with van der Waals surface area (Å²) in [7, 11) is 1.81. The van der Waals surface area contributed by atoms with Gasteiger partial charge >= 0.3 is 0 Å². The van der Waals surface area contributed by atoms with Gasteiger partial charge < -0.3 is 5.32 Å². The number of halogens is 1. The van der Waals surface area contributed by atoms with Crippen molar-refractivity contribution < 1.29 is 9.18 Å². The number of carbonyl (C=O) groups excluding carboxylic acids is 1. The number of nitrogens with one attached hydrogen (secondary N) is 1. The molecule has 0 aliphatic carbocycles. The topological polar surface area (TPSA) is 46.9 Å². The molecule has 0 spiro atoms. The highest BCUT2D eigenvalue weighted by atomic mass is 19.1. The molecule has 0 fully saturated rings. The second kappa shape index (κ2) is 6.91. The van der Waals surface area contributed by atoms with Crippen molar-refractivity contribution in [2.45, 2.75) is 0 Å². The Bertz CT molecular complexity index is 867. The van der Waals surface area contributed by atoms with E-state index >= 15 is 0 Å². The number of aryl methyl sites for hydroxylation is 1. The van der Waals surface area contributed by atoms with Crippen LogP contribution >= 0.6 is 0 Å². The third kappa shape index (κ3) is 3.57. The zero-order valence-corrected chi connectivity index (χ0v) is 13.1. The third-order valence-electron chi connectivity index (χ3n) is 3.54. The lowest BCUT2D eigenvalue weighted by Gasteiger charge is -2.04. The Balaban J connectivity index is 1.80. The molecular formula is C19H16FN3O. The predicted molar refractivity (Wildman–Crippen MR) is 92.7 cm³/mol. The van der Waals surface area contributed by atoms with E-state index < -0.39 is 0 Å². The smallest absolute Gasteiger partial charge is 0.248 e. The van der Waals surface area contributed by atoms with Crippen molar-refractivity contribution in [3.8, 4) is 11.3 Å². The van der Waals surface area contributed by atoms with Gasteiger partial charge in [-0.1, -0.05) is 18.2 Å². The van der Waals surface area contributed by atoms with E-state index in [9.17, 15) is 9.18 Å². The maximum atomic E-state index is 13.1. The molecular weight excluding hydrogens is 305 g/mol. The summed E-state index contributed by atoms with van der Waals surface area (Å²) < 4.78 is 14.8. The summed E-state index contributed by atoms with van der Waals surface area (Å²) in [5, 5.41) is 7.00. The van der Waals surface area contributed by atoms with E-state index in [1.807, 2.05) is 30.3 Å². The van der Waals surface area contributed by atoms with Gasteiger partial charge in [0.15, 0.2) is 0 Å². The Labute approximate surface area is 139 Å². The highest BCUT2D eigenvalue weighted by molar-refractivity contribution is 6.02. The van der Waals surface area contributed by atoms with Crippen LogP contribution in [0.1, 0.15) is 5.56 Å². The molecule has 1 aromatic heterocycles. The van der Waals surface area contributed by atoms with Gasteiger partial charge in [-0.05, 0) is 42.5 Å². The number of hydrogen-bond acceptors (Lipinski definition) is 2. The summed E-state index contributed by atoms with van der Waals surface area (Å²) in [4.78, 5) is 12.0. The van der Waals surface area contributed by atoms with Gasteiger partial charge in [-0.2, -0.15) is 5.10 Å². The normalized spacial score (nSPS) is 10.9. The molecule has 0 atom stereocenters. The maximum absolute atomic E-state index is 13.1. The van der Waals surface area contributed by atoms with Gasteiger partial charge in [-0.15, -0.1) is 0 Å². The number of carbonyl (C=O) groups is 1. The quantitative estimate of drug-likeness (QED) is 0.741. The minimum absolute atomic E-state index is 0.227. The number of amides is 1. The summed E-state index contributed by atoms with van der Waals surface area (Å²) in [5.74, 6) is -0.518. The monoisotopic (exact) mass is 321 g/mol. The molecule has 2 aromatic carbocycles. The fourth-order valence-electron chi connectivity index (χ4n) is 2.41. The summed E-state index contributed by atoms with van der Waals surface area (Å²) in [6.07, 6.45) is 4.83. The fraction of sp³-hybridized carbons (Fsp3) is 0.0526. The van der Waals surface area contributed by atoms with Crippen molar-refractivity contribution in [3.05, 3.63) is 78.3 Å². The Morgan fingerprint density at radius 3 is 2.54 bits per heavy atom. The first kappa shape index (κ1) is 15.7. The van der Waals surface area contributed by atoms with E-state index in [0.29, 0.717) is 0 Å². The number of aromatic nitrogens is 2. The maximum Gasteiger partial charge on any atom is 0.248 e. The van der Waals surface area contributed by atoms with E-state index in [2.05, 4.69) is 10.4 Å². The first-order chi connectivity index (χ1) is 11.6. The van der Waals surface area contributed by atoms with Crippen LogP contribution in [0.2, 0.25) is 0 Å². The number of rotatable bonds is 4. The number of anilines is 1. The molecule has 0 unspecified atom stereocenters. The Hall–Kier alpha value is -3.21. The van der Waals surface area contributed by atoms with Crippen LogP contribution in [0.15, 0.2) is 66.9 Å². The van der Waals surface area contributed by atoms with E-state index in [0.717, 1.165) is 22.5 Å². The Morgan fingerprint density at radius 2 is 1.83 bits per heavy atom. The summed E-state index contributed by atoms with van der Waals surface area (Å²) in [5.41, 5.74) is 3.17. The molecule has 1 amide bonds. The van der Waals surface area contributed by atoms with Gasteiger partial charge in [0.25, 0.3) is 0 Å². The molecule has 0 bridgehead atoms. The van der Waals surface area contributed by atoms with Crippen molar-refractivity contribution in [2.75, 3.05) is 5.32 Å². The largest absolute Gasteiger partial charge is 0.323 e. The first-order valence-corrected chi connectivity index (χ1v) is 7.45. The van der Waals surface area contributed by atoms with Gasteiger partial charge in [0.1, 0.15) is 5.82 Å². The van der Waals surface area contributed by atoms with Crippen LogP contribution in [0.25, 0.3) is 17.3 Å². The van der Waals surface area contributed by atoms with Gasteiger partial charge in [0, 0.05) is 29.9 Å². The van der Waals surface area contributed by atoms with Crippen LogP contribution in [0.5, 0.6) is 0 Å². The van der Waals surface area contributed by atoms with E-state index in [4.69, 9.17) is 0 Å². The summed E-state index contributed by atoms with van der Waals surface area (Å²) in [6.45, 7) is 0. The minimum atomic E-state index is -0.291. The molecule has 0 aliphatic rings. The SMILES string of the molecule is Cn1ncc(/C=C/C(=O)Nc2ccccc2)c1-c1ccc(F)cc1. The van der Waals surface area contributed by atoms with Crippen molar-refractivity contribution in [1.29, 1.82) is 0 Å². The average molecular weight is 321 g/mol. The van der Waals surface area contributed by atoms with Gasteiger partial charge in [-0.25, -0.2) is 4.39 Å². The zero-order chi connectivity index (χ0) is 16.9. The van der Waals surface area contributed by atoms with Crippen LogP contribution < -0.4 is 5.32 Å². The van der Waals surface area contributed by atoms with Gasteiger partial charge in [-0.3, -0.25) is 9.48 Å². The Kier molecular flexibility index (Phi) is 4.52. The second-order valence-electron chi connectivity index (χ2n) is 5.27. The first-order valence-electron chi connectivity index (χ1n) is 7.45. The lowest BCUT2D eigenvalue weighted by Crippen LogP contribution is -2.07. The lowest BCUT2D eigenvalue weighted by atomic mass is 10.1. The van der Waals surface area contributed by atoms with E-state index in [1.165, 1.54) is 18.2 Å². The molecule has 4 nitrogen and oxygen atoms in total. The molecule has 120 valence electrons. The molecule has 3 rings (SSSR count). The van der Waals surface area contributed by atoms with Crippen molar-refractivity contribution in [2.24, 2.45) is 7.05 Å². The van der Waals surface area contributed by atoms with Crippen LogP contribution in [-0.2, 0) is 11.8 Å². The minimum Gasteiger partial charge on any atom is -0.323 e. The summed E-state index contributed by atoms with van der Waals surface area (Å²) >= 11 is 0. The van der Waals surface area contributed by atoms with Crippen molar-refractivity contribution in [1.82, 2.24) is 9.78 Å². The lowest BCUT2D eigenvalue weighted by molar-refractivity contribution is -0.111. The molecule has 1 N–H and O–H groups in total. The summed E-state index contributed by atoms with van der Waals surface area (Å²) in [6, 6.07) is 15.4. The molecule has 0 radical (unpaired) electrons. The van der Waals surface area contributed by atoms with Crippen LogP contribution in [0.4, 0.5) is 10.1 Å².